The van der Waals surface area contributed by atoms with Crippen LogP contribution in [-0.2, 0) is 6.42 Å². The van der Waals surface area contributed by atoms with Crippen LogP contribution in [0.4, 0.5) is 5.69 Å². The molecule has 0 bridgehead atoms. The summed E-state index contributed by atoms with van der Waals surface area (Å²) in [6, 6.07) is 9.73. The highest BCUT2D eigenvalue weighted by molar-refractivity contribution is 7.13. The van der Waals surface area contributed by atoms with Gasteiger partial charge < -0.3 is 14.1 Å². The minimum atomic E-state index is -0.337. The zero-order valence-electron chi connectivity index (χ0n) is 20.2. The van der Waals surface area contributed by atoms with Crippen molar-refractivity contribution in [3.05, 3.63) is 77.6 Å². The van der Waals surface area contributed by atoms with Gasteiger partial charge in [0.25, 0.3) is 5.91 Å². The maximum absolute atomic E-state index is 13.1. The molecule has 0 aliphatic rings. The van der Waals surface area contributed by atoms with Crippen molar-refractivity contribution in [2.45, 2.75) is 40.5 Å². The van der Waals surface area contributed by atoms with E-state index >= 15 is 0 Å². The number of pyridine rings is 2. The number of fused-ring (bicyclic) bond motifs is 1. The van der Waals surface area contributed by atoms with Crippen molar-refractivity contribution >= 4 is 28.6 Å². The average Bonchev–Trinajstić information content (AvgIpc) is 3.57. The predicted molar refractivity (Wildman–Crippen MR) is 139 cm³/mol. The van der Waals surface area contributed by atoms with Crippen LogP contribution in [0.2, 0.25) is 0 Å². The number of thiophene rings is 1. The summed E-state index contributed by atoms with van der Waals surface area (Å²) in [5, 5.41) is 5.05. The van der Waals surface area contributed by atoms with Gasteiger partial charge in [0.2, 0.25) is 5.89 Å². The van der Waals surface area contributed by atoms with E-state index < -0.39 is 0 Å². The Bertz CT molecular complexity index is 1490. The molecule has 1 N–H and O–H groups in total. The molecule has 0 radical (unpaired) electrons. The number of hydrogen-bond acceptors (Lipinski definition) is 6. The number of amides is 1. The summed E-state index contributed by atoms with van der Waals surface area (Å²) in [4.78, 5) is 27.6. The van der Waals surface area contributed by atoms with Gasteiger partial charge in [0.05, 0.1) is 11.4 Å². The first-order chi connectivity index (χ1) is 16.7. The Morgan fingerprint density at radius 2 is 2.03 bits per heavy atom. The van der Waals surface area contributed by atoms with Gasteiger partial charge in [-0.3, -0.25) is 9.78 Å². The van der Waals surface area contributed by atoms with E-state index in [-0.39, 0.29) is 17.0 Å². The number of oxazole rings is 1. The van der Waals surface area contributed by atoms with Crippen molar-refractivity contribution < 1.29 is 9.21 Å². The van der Waals surface area contributed by atoms with E-state index in [1.807, 2.05) is 53.4 Å². The van der Waals surface area contributed by atoms with Crippen LogP contribution in [0.1, 0.15) is 49.1 Å². The van der Waals surface area contributed by atoms with Crippen LogP contribution in [0.15, 0.2) is 65.0 Å². The van der Waals surface area contributed by atoms with E-state index in [2.05, 4.69) is 36.1 Å². The molecule has 0 saturated heterocycles. The normalized spacial score (nSPS) is 11.8. The SMILES string of the molecule is Cc1cc(-c2nc(C(=O)Nc3cn4cc(CCC(C)(C)C)nc4cc3-c3cccs3)co2)ccn1. The first-order valence-corrected chi connectivity index (χ1v) is 12.4. The van der Waals surface area contributed by atoms with Crippen LogP contribution in [0.25, 0.3) is 27.5 Å². The molecule has 1 amide bonds. The number of anilines is 1. The molecule has 5 aromatic rings. The number of nitrogens with one attached hydrogen (secondary N) is 1. The second-order valence-corrected chi connectivity index (χ2v) is 10.8. The Morgan fingerprint density at radius 3 is 2.77 bits per heavy atom. The van der Waals surface area contributed by atoms with Gasteiger partial charge in [0.15, 0.2) is 5.69 Å². The molecule has 0 aliphatic carbocycles. The number of imidazole rings is 1. The molecule has 178 valence electrons. The molecule has 0 atom stereocenters. The highest BCUT2D eigenvalue weighted by atomic mass is 32.1. The topological polar surface area (TPSA) is 85.3 Å². The van der Waals surface area contributed by atoms with Crippen molar-refractivity contribution in [3.63, 3.8) is 0 Å². The average molecular weight is 486 g/mol. The Balaban J connectivity index is 1.45. The third-order valence-corrected chi connectivity index (χ3v) is 6.59. The molecule has 0 saturated carbocycles. The van der Waals surface area contributed by atoms with E-state index in [1.54, 1.807) is 23.6 Å². The second-order valence-electron chi connectivity index (χ2n) is 9.81. The van der Waals surface area contributed by atoms with Crippen LogP contribution < -0.4 is 5.32 Å². The van der Waals surface area contributed by atoms with E-state index in [4.69, 9.17) is 9.40 Å². The fourth-order valence-corrected chi connectivity index (χ4v) is 4.58. The number of hydrogen-bond donors (Lipinski definition) is 1. The lowest BCUT2D eigenvalue weighted by Gasteiger charge is -2.16. The number of nitrogens with zero attached hydrogens (tertiary/aromatic N) is 4. The summed E-state index contributed by atoms with van der Waals surface area (Å²) in [5.41, 5.74) is 5.57. The molecule has 0 aliphatic heterocycles. The van der Waals surface area contributed by atoms with Crippen LogP contribution >= 0.6 is 11.3 Å². The molecule has 7 nitrogen and oxygen atoms in total. The first-order valence-electron chi connectivity index (χ1n) is 11.5. The second kappa shape index (κ2) is 9.11. The molecule has 5 heterocycles. The number of carbonyl (C=O) groups excluding carboxylic acids is 1. The number of carbonyl (C=O) groups is 1. The van der Waals surface area contributed by atoms with Crippen molar-refractivity contribution in [3.8, 4) is 21.9 Å². The van der Waals surface area contributed by atoms with Crippen molar-refractivity contribution in [2.24, 2.45) is 5.41 Å². The first kappa shape index (κ1) is 23.0. The van der Waals surface area contributed by atoms with Gasteiger partial charge in [-0.15, -0.1) is 11.3 Å². The third kappa shape index (κ3) is 5.17. The molecule has 0 fully saturated rings. The predicted octanol–water partition coefficient (Wildman–Crippen LogP) is 6.65. The molecule has 5 rings (SSSR count). The number of aryl methyl sites for hydroxylation is 2. The van der Waals surface area contributed by atoms with Gasteiger partial charge in [-0.1, -0.05) is 26.8 Å². The Labute approximate surface area is 207 Å². The maximum Gasteiger partial charge on any atom is 0.277 e. The fourth-order valence-electron chi connectivity index (χ4n) is 3.82. The van der Waals surface area contributed by atoms with E-state index in [0.717, 1.165) is 45.9 Å². The van der Waals surface area contributed by atoms with Crippen LogP contribution in [-0.4, -0.2) is 25.3 Å². The number of rotatable bonds is 6. The summed E-state index contributed by atoms with van der Waals surface area (Å²) in [6.07, 6.45) is 8.97. The number of aromatic nitrogens is 4. The maximum atomic E-state index is 13.1. The van der Waals surface area contributed by atoms with Crippen LogP contribution in [0.3, 0.4) is 0 Å². The minimum Gasteiger partial charge on any atom is -0.444 e. The summed E-state index contributed by atoms with van der Waals surface area (Å²) >= 11 is 1.62. The summed E-state index contributed by atoms with van der Waals surface area (Å²) in [7, 11) is 0. The van der Waals surface area contributed by atoms with Gasteiger partial charge in [-0.2, -0.15) is 0 Å². The quantitative estimate of drug-likeness (QED) is 0.291. The van der Waals surface area contributed by atoms with Crippen LogP contribution in [0.5, 0.6) is 0 Å². The van der Waals surface area contributed by atoms with Crippen molar-refractivity contribution in [2.75, 3.05) is 5.32 Å². The molecule has 0 unspecified atom stereocenters. The third-order valence-electron chi connectivity index (χ3n) is 5.69. The highest BCUT2D eigenvalue weighted by Gasteiger charge is 2.18. The van der Waals surface area contributed by atoms with Gasteiger partial charge in [-0.05, 0) is 54.8 Å². The zero-order valence-corrected chi connectivity index (χ0v) is 21.0. The van der Waals surface area contributed by atoms with Gasteiger partial charge in [-0.25, -0.2) is 9.97 Å². The monoisotopic (exact) mass is 485 g/mol. The van der Waals surface area contributed by atoms with Gasteiger partial charge >= 0.3 is 0 Å². The molecule has 8 heteroatoms. The molecule has 5 aromatic heterocycles. The Kier molecular flexibility index (Phi) is 5.98. The largest absolute Gasteiger partial charge is 0.444 e. The molecular formula is C27H27N5O2S. The fraction of sp³-hybridized carbons (Fsp3) is 0.259. The lowest BCUT2D eigenvalue weighted by molar-refractivity contribution is 0.102. The summed E-state index contributed by atoms with van der Waals surface area (Å²) in [6.45, 7) is 8.59. The lowest BCUT2D eigenvalue weighted by atomic mass is 9.90. The molecule has 0 spiro atoms. The van der Waals surface area contributed by atoms with Crippen molar-refractivity contribution in [1.82, 2.24) is 19.4 Å². The summed E-state index contributed by atoms with van der Waals surface area (Å²) < 4.78 is 7.55. The van der Waals surface area contributed by atoms with Gasteiger partial charge in [0.1, 0.15) is 11.9 Å². The standard InChI is InChI=1S/C27H27N5O2S/c1-17-12-18(8-10-28-17)26-31-22(16-34-26)25(33)30-21-15-32-14-19(7-9-27(2,3)4)29-24(32)13-20(21)23-6-5-11-35-23/h5-6,8,10-16H,7,9H2,1-4H3,(H,30,33). The zero-order chi connectivity index (χ0) is 24.6. The molecular weight excluding hydrogens is 458 g/mol. The van der Waals surface area contributed by atoms with E-state index in [1.165, 1.54) is 6.26 Å². The Morgan fingerprint density at radius 1 is 1.17 bits per heavy atom. The highest BCUT2D eigenvalue weighted by Crippen LogP contribution is 2.33. The Hall–Kier alpha value is -3.78. The molecule has 0 aromatic carbocycles. The van der Waals surface area contributed by atoms with Crippen LogP contribution in [0, 0.1) is 12.3 Å². The minimum absolute atomic E-state index is 0.211. The smallest absolute Gasteiger partial charge is 0.277 e. The van der Waals surface area contributed by atoms with E-state index in [0.29, 0.717) is 11.6 Å². The lowest BCUT2D eigenvalue weighted by Crippen LogP contribution is -2.13. The molecule has 35 heavy (non-hydrogen) atoms. The van der Waals surface area contributed by atoms with Gasteiger partial charge in [0, 0.05) is 40.3 Å². The van der Waals surface area contributed by atoms with E-state index in [9.17, 15) is 4.79 Å². The van der Waals surface area contributed by atoms with Crippen molar-refractivity contribution in [1.29, 1.82) is 0 Å². The summed E-state index contributed by atoms with van der Waals surface area (Å²) in [5.74, 6) is 0.0451.